The first kappa shape index (κ1) is 26.0. The van der Waals surface area contributed by atoms with Crippen molar-refractivity contribution in [1.82, 2.24) is 20.1 Å². The van der Waals surface area contributed by atoms with Crippen LogP contribution in [-0.2, 0) is 17.5 Å². The Morgan fingerprint density at radius 1 is 0.946 bits per heavy atom. The van der Waals surface area contributed by atoms with Crippen molar-refractivity contribution < 1.29 is 22.8 Å². The molecule has 0 spiro atoms. The molecule has 0 saturated carbocycles. The van der Waals surface area contributed by atoms with E-state index in [1.165, 1.54) is 16.7 Å². The summed E-state index contributed by atoms with van der Waals surface area (Å²) in [4.78, 5) is 25.0. The molecule has 4 aromatic rings. The zero-order valence-corrected chi connectivity index (χ0v) is 20.4. The maximum Gasteiger partial charge on any atom is 0.416 e. The number of nitrogens with one attached hydrogen (secondary N) is 2. The molecule has 0 unspecified atom stereocenters. The SMILES string of the molecule is Cc1cccc(NC(=O)CSc2nnc(CNC(=O)c3ccccc3)n2-c2cccc(C(F)(F)F)c2)c1. The van der Waals surface area contributed by atoms with Crippen LogP contribution in [0.15, 0.2) is 84.0 Å². The van der Waals surface area contributed by atoms with Crippen molar-refractivity contribution in [3.8, 4) is 5.69 Å². The summed E-state index contributed by atoms with van der Waals surface area (Å²) in [5.74, 6) is -0.522. The molecule has 2 amide bonds. The van der Waals surface area contributed by atoms with Gasteiger partial charge in [0.05, 0.1) is 23.5 Å². The van der Waals surface area contributed by atoms with E-state index in [9.17, 15) is 22.8 Å². The molecule has 0 aliphatic heterocycles. The molecular formula is C26H22F3N5O2S. The van der Waals surface area contributed by atoms with Gasteiger partial charge >= 0.3 is 6.18 Å². The second-order valence-electron chi connectivity index (χ2n) is 8.04. The van der Waals surface area contributed by atoms with Gasteiger partial charge in [-0.1, -0.05) is 48.2 Å². The van der Waals surface area contributed by atoms with Gasteiger partial charge in [0.1, 0.15) is 0 Å². The number of alkyl halides is 3. The molecule has 0 aliphatic carbocycles. The average Bonchev–Trinajstić information content (AvgIpc) is 3.29. The summed E-state index contributed by atoms with van der Waals surface area (Å²) in [6, 6.07) is 20.5. The standard InChI is InChI=1S/C26H22F3N5O2S/c1-17-7-5-11-20(13-17)31-23(35)16-37-25-33-32-22(15-30-24(36)18-8-3-2-4-9-18)34(25)21-12-6-10-19(14-21)26(27,28)29/h2-14H,15-16H2,1H3,(H,30,36)(H,31,35). The van der Waals surface area contributed by atoms with E-state index in [2.05, 4.69) is 20.8 Å². The maximum atomic E-state index is 13.4. The lowest BCUT2D eigenvalue weighted by atomic mass is 10.2. The van der Waals surface area contributed by atoms with Crippen LogP contribution in [0, 0.1) is 6.92 Å². The Kier molecular flexibility index (Phi) is 7.92. The number of aromatic nitrogens is 3. The molecule has 0 aliphatic rings. The third-order valence-electron chi connectivity index (χ3n) is 5.21. The van der Waals surface area contributed by atoms with Crippen LogP contribution in [-0.4, -0.2) is 32.3 Å². The Hall–Kier alpha value is -4.12. The molecule has 0 saturated heterocycles. The number of amides is 2. The molecule has 190 valence electrons. The average molecular weight is 526 g/mol. The fourth-order valence-corrected chi connectivity index (χ4v) is 4.26. The Labute approximate surface area is 215 Å². The van der Waals surface area contributed by atoms with Crippen LogP contribution < -0.4 is 10.6 Å². The highest BCUT2D eigenvalue weighted by Gasteiger charge is 2.31. The molecule has 7 nitrogen and oxygen atoms in total. The largest absolute Gasteiger partial charge is 0.416 e. The van der Waals surface area contributed by atoms with Gasteiger partial charge in [-0.15, -0.1) is 10.2 Å². The predicted octanol–water partition coefficient (Wildman–Crippen LogP) is 5.26. The van der Waals surface area contributed by atoms with E-state index >= 15 is 0 Å². The smallest absolute Gasteiger partial charge is 0.345 e. The summed E-state index contributed by atoms with van der Waals surface area (Å²) in [7, 11) is 0. The molecule has 0 atom stereocenters. The van der Waals surface area contributed by atoms with E-state index in [1.54, 1.807) is 36.4 Å². The van der Waals surface area contributed by atoms with Crippen LogP contribution >= 0.6 is 11.8 Å². The van der Waals surface area contributed by atoms with Gasteiger partial charge in [0, 0.05) is 11.3 Å². The quantitative estimate of drug-likeness (QED) is 0.307. The maximum absolute atomic E-state index is 13.4. The number of hydrogen-bond acceptors (Lipinski definition) is 5. The van der Waals surface area contributed by atoms with Crippen LogP contribution in [0.4, 0.5) is 18.9 Å². The molecule has 0 radical (unpaired) electrons. The summed E-state index contributed by atoms with van der Waals surface area (Å²) in [6.45, 7) is 1.81. The first-order valence-corrected chi connectivity index (χ1v) is 12.1. The fraction of sp³-hybridized carbons (Fsp3) is 0.154. The topological polar surface area (TPSA) is 88.9 Å². The van der Waals surface area contributed by atoms with Crippen molar-refractivity contribution in [1.29, 1.82) is 0 Å². The van der Waals surface area contributed by atoms with Crippen molar-refractivity contribution in [3.05, 3.63) is 101 Å². The number of halogens is 3. The Morgan fingerprint density at radius 3 is 2.43 bits per heavy atom. The van der Waals surface area contributed by atoms with E-state index in [0.29, 0.717) is 11.3 Å². The monoisotopic (exact) mass is 525 g/mol. The summed E-state index contributed by atoms with van der Waals surface area (Å²) >= 11 is 1.02. The van der Waals surface area contributed by atoms with Gasteiger partial charge in [0.15, 0.2) is 11.0 Å². The van der Waals surface area contributed by atoms with Crippen molar-refractivity contribution in [2.45, 2.75) is 24.8 Å². The van der Waals surface area contributed by atoms with E-state index in [-0.39, 0.29) is 40.8 Å². The van der Waals surface area contributed by atoms with Crippen LogP contribution in [0.5, 0.6) is 0 Å². The van der Waals surface area contributed by atoms with Crippen LogP contribution in [0.1, 0.15) is 27.3 Å². The molecule has 11 heteroatoms. The van der Waals surface area contributed by atoms with Gasteiger partial charge in [0.2, 0.25) is 5.91 Å². The first-order chi connectivity index (χ1) is 17.7. The number of hydrogen-bond donors (Lipinski definition) is 2. The first-order valence-electron chi connectivity index (χ1n) is 11.2. The number of anilines is 1. The number of rotatable bonds is 8. The summed E-state index contributed by atoms with van der Waals surface area (Å²) in [5, 5.41) is 13.9. The van der Waals surface area contributed by atoms with E-state index in [4.69, 9.17) is 0 Å². The molecule has 1 heterocycles. The number of thioether (sulfide) groups is 1. The van der Waals surface area contributed by atoms with Gasteiger partial charge in [0.25, 0.3) is 5.91 Å². The number of aryl methyl sites for hydroxylation is 1. The molecule has 0 fully saturated rings. The summed E-state index contributed by atoms with van der Waals surface area (Å²) in [5.41, 5.74) is 1.36. The van der Waals surface area contributed by atoms with Gasteiger partial charge in [-0.25, -0.2) is 0 Å². The summed E-state index contributed by atoms with van der Waals surface area (Å²) in [6.07, 6.45) is -4.55. The number of nitrogens with zero attached hydrogens (tertiary/aromatic N) is 3. The minimum absolute atomic E-state index is 0.0542. The molecule has 0 bridgehead atoms. The van der Waals surface area contributed by atoms with Crippen molar-refractivity contribution in [3.63, 3.8) is 0 Å². The van der Waals surface area contributed by atoms with Crippen LogP contribution in [0.25, 0.3) is 5.69 Å². The highest BCUT2D eigenvalue weighted by Crippen LogP contribution is 2.31. The molecule has 37 heavy (non-hydrogen) atoms. The van der Waals surface area contributed by atoms with Crippen molar-refractivity contribution in [2.75, 3.05) is 11.1 Å². The lowest BCUT2D eigenvalue weighted by molar-refractivity contribution is -0.137. The van der Waals surface area contributed by atoms with Gasteiger partial charge in [-0.05, 0) is 55.0 Å². The third kappa shape index (κ3) is 6.76. The molecule has 2 N–H and O–H groups in total. The molecule has 3 aromatic carbocycles. The van der Waals surface area contributed by atoms with E-state index in [0.717, 1.165) is 29.5 Å². The zero-order chi connectivity index (χ0) is 26.4. The summed E-state index contributed by atoms with van der Waals surface area (Å²) < 4.78 is 41.6. The van der Waals surface area contributed by atoms with Gasteiger partial charge in [-0.3, -0.25) is 14.2 Å². The fourth-order valence-electron chi connectivity index (χ4n) is 3.49. The number of carbonyl (C=O) groups is 2. The zero-order valence-electron chi connectivity index (χ0n) is 19.6. The third-order valence-corrected chi connectivity index (χ3v) is 6.14. The Morgan fingerprint density at radius 2 is 1.70 bits per heavy atom. The van der Waals surface area contributed by atoms with E-state index < -0.39 is 11.7 Å². The predicted molar refractivity (Wildman–Crippen MR) is 135 cm³/mol. The van der Waals surface area contributed by atoms with E-state index in [1.807, 2.05) is 25.1 Å². The van der Waals surface area contributed by atoms with Gasteiger partial charge < -0.3 is 10.6 Å². The molecule has 1 aromatic heterocycles. The molecule has 4 rings (SSSR count). The lowest BCUT2D eigenvalue weighted by Crippen LogP contribution is -2.24. The van der Waals surface area contributed by atoms with Crippen molar-refractivity contribution in [2.24, 2.45) is 0 Å². The molecular weight excluding hydrogens is 503 g/mol. The highest BCUT2D eigenvalue weighted by molar-refractivity contribution is 7.99. The minimum Gasteiger partial charge on any atom is -0.345 e. The Balaban J connectivity index is 1.57. The number of benzene rings is 3. The van der Waals surface area contributed by atoms with Crippen LogP contribution in [0.2, 0.25) is 0 Å². The minimum atomic E-state index is -4.55. The second-order valence-corrected chi connectivity index (χ2v) is 8.98. The van der Waals surface area contributed by atoms with Gasteiger partial charge in [-0.2, -0.15) is 13.2 Å². The Bertz CT molecular complexity index is 1410. The van der Waals surface area contributed by atoms with Crippen molar-refractivity contribution >= 4 is 29.3 Å². The van der Waals surface area contributed by atoms with Crippen LogP contribution in [0.3, 0.4) is 0 Å². The second kappa shape index (κ2) is 11.3. The number of carbonyl (C=O) groups excluding carboxylic acids is 2. The lowest BCUT2D eigenvalue weighted by Gasteiger charge is -2.13. The highest BCUT2D eigenvalue weighted by atomic mass is 32.2. The normalized spacial score (nSPS) is 11.2.